The van der Waals surface area contributed by atoms with Gasteiger partial charge in [-0.15, -0.1) is 0 Å². The van der Waals surface area contributed by atoms with Crippen molar-refractivity contribution in [2.75, 3.05) is 5.32 Å². The van der Waals surface area contributed by atoms with Crippen LogP contribution in [0.5, 0.6) is 0 Å². The molecule has 0 fully saturated rings. The number of benzene rings is 3. The molecule has 0 saturated heterocycles. The Morgan fingerprint density at radius 1 is 1.03 bits per heavy atom. The third-order valence-electron chi connectivity index (χ3n) is 4.44. The summed E-state index contributed by atoms with van der Waals surface area (Å²) in [5, 5.41) is 13.9. The summed E-state index contributed by atoms with van der Waals surface area (Å²) in [6, 6.07) is 19.5. The Morgan fingerprint density at radius 2 is 1.80 bits per heavy atom. The van der Waals surface area contributed by atoms with Crippen LogP contribution in [0.4, 0.5) is 11.4 Å². The molecule has 30 heavy (non-hydrogen) atoms. The number of non-ortho nitro benzene ring substituents is 1. The molecule has 0 radical (unpaired) electrons. The zero-order valence-corrected chi connectivity index (χ0v) is 15.6. The highest BCUT2D eigenvalue weighted by molar-refractivity contribution is 5.93. The fourth-order valence-corrected chi connectivity index (χ4v) is 3.00. The monoisotopic (exact) mass is 401 g/mol. The van der Waals surface area contributed by atoms with E-state index < -0.39 is 10.5 Å². The maximum Gasteiger partial charge on any atom is 0.347 e. The number of para-hydroxylation sites is 1. The summed E-state index contributed by atoms with van der Waals surface area (Å²) >= 11 is 0. The highest BCUT2D eigenvalue weighted by Crippen LogP contribution is 2.22. The van der Waals surface area contributed by atoms with Crippen molar-refractivity contribution in [3.63, 3.8) is 0 Å². The van der Waals surface area contributed by atoms with Crippen molar-refractivity contribution in [2.24, 2.45) is 0 Å². The number of carbonyl (C=O) groups is 1. The van der Waals surface area contributed by atoms with Gasteiger partial charge in [-0.3, -0.25) is 14.9 Å². The van der Waals surface area contributed by atoms with Gasteiger partial charge in [-0.2, -0.15) is 0 Å². The van der Waals surface area contributed by atoms with Gasteiger partial charge < -0.3 is 9.73 Å². The van der Waals surface area contributed by atoms with Gasteiger partial charge in [0.2, 0.25) is 11.8 Å². The quantitative estimate of drug-likeness (QED) is 0.400. The number of hydrogen-bond donors (Lipinski definition) is 1. The van der Waals surface area contributed by atoms with Crippen molar-refractivity contribution in [2.45, 2.75) is 6.42 Å². The second-order valence-corrected chi connectivity index (χ2v) is 6.55. The lowest BCUT2D eigenvalue weighted by Gasteiger charge is -2.07. The third-order valence-corrected chi connectivity index (χ3v) is 4.44. The smallest absolute Gasteiger partial charge is 0.347 e. The Morgan fingerprint density at radius 3 is 2.57 bits per heavy atom. The SMILES string of the molecule is O=C(Cc1ccc([N+](=O)[O-])cc1)Nc1cccc(-c2nc3ccccc3c(=O)o2)c1. The van der Waals surface area contributed by atoms with Crippen molar-refractivity contribution < 1.29 is 14.1 Å². The molecule has 3 aromatic carbocycles. The molecular weight excluding hydrogens is 386 g/mol. The first-order valence-electron chi connectivity index (χ1n) is 9.03. The standard InChI is InChI=1S/C22H15N3O5/c26-20(12-14-8-10-17(11-9-14)25(28)29)23-16-5-3-4-15(13-16)21-24-19-7-2-1-6-18(19)22(27)30-21/h1-11,13H,12H2,(H,23,26). The lowest BCUT2D eigenvalue weighted by molar-refractivity contribution is -0.384. The van der Waals surface area contributed by atoms with Crippen LogP contribution in [0, 0.1) is 10.1 Å². The van der Waals surface area contributed by atoms with Crippen molar-refractivity contribution in [1.82, 2.24) is 4.98 Å². The summed E-state index contributed by atoms with van der Waals surface area (Å²) < 4.78 is 5.33. The predicted molar refractivity (Wildman–Crippen MR) is 111 cm³/mol. The molecule has 0 spiro atoms. The predicted octanol–water partition coefficient (Wildman–Crippen LogP) is 3.94. The molecule has 0 atom stereocenters. The van der Waals surface area contributed by atoms with Crippen LogP contribution in [0.1, 0.15) is 5.56 Å². The minimum absolute atomic E-state index is 0.0313. The molecule has 0 bridgehead atoms. The van der Waals surface area contributed by atoms with E-state index in [0.29, 0.717) is 27.7 Å². The average molecular weight is 401 g/mol. The van der Waals surface area contributed by atoms with Crippen LogP contribution < -0.4 is 10.9 Å². The van der Waals surface area contributed by atoms with Crippen LogP contribution in [0.2, 0.25) is 0 Å². The van der Waals surface area contributed by atoms with E-state index in [9.17, 15) is 19.7 Å². The van der Waals surface area contributed by atoms with E-state index in [2.05, 4.69) is 10.3 Å². The molecule has 0 saturated carbocycles. The molecule has 8 heteroatoms. The lowest BCUT2D eigenvalue weighted by atomic mass is 10.1. The summed E-state index contributed by atoms with van der Waals surface area (Å²) in [7, 11) is 0. The third kappa shape index (κ3) is 4.07. The second kappa shape index (κ2) is 7.96. The molecule has 4 rings (SSSR count). The van der Waals surface area contributed by atoms with Gasteiger partial charge in [-0.1, -0.05) is 30.3 Å². The first kappa shape index (κ1) is 19.0. The van der Waals surface area contributed by atoms with Crippen LogP contribution in [0.25, 0.3) is 22.4 Å². The van der Waals surface area contributed by atoms with Gasteiger partial charge in [0.05, 0.1) is 22.2 Å². The van der Waals surface area contributed by atoms with Gasteiger partial charge in [0.1, 0.15) is 0 Å². The van der Waals surface area contributed by atoms with Crippen LogP contribution in [-0.4, -0.2) is 15.8 Å². The molecule has 0 unspecified atom stereocenters. The van der Waals surface area contributed by atoms with E-state index in [-0.39, 0.29) is 23.9 Å². The Balaban J connectivity index is 1.53. The zero-order valence-electron chi connectivity index (χ0n) is 15.6. The summed E-state index contributed by atoms with van der Waals surface area (Å²) in [6.45, 7) is 0. The fraction of sp³-hybridized carbons (Fsp3) is 0.0455. The largest absolute Gasteiger partial charge is 0.403 e. The van der Waals surface area contributed by atoms with Crippen LogP contribution in [-0.2, 0) is 11.2 Å². The first-order chi connectivity index (χ1) is 14.5. The van der Waals surface area contributed by atoms with Gasteiger partial charge in [0, 0.05) is 23.4 Å². The number of aromatic nitrogens is 1. The number of carbonyl (C=O) groups excluding carboxylic acids is 1. The Labute approximate surface area is 170 Å². The molecule has 1 aromatic heterocycles. The van der Waals surface area contributed by atoms with Crippen molar-refractivity contribution >= 4 is 28.2 Å². The van der Waals surface area contributed by atoms with E-state index in [0.717, 1.165) is 0 Å². The molecule has 1 heterocycles. The molecule has 148 valence electrons. The Bertz CT molecular complexity index is 1310. The number of nitrogens with zero attached hydrogens (tertiary/aromatic N) is 2. The minimum Gasteiger partial charge on any atom is -0.403 e. The maximum absolute atomic E-state index is 12.3. The van der Waals surface area contributed by atoms with Crippen LogP contribution in [0.3, 0.4) is 0 Å². The van der Waals surface area contributed by atoms with Crippen molar-refractivity contribution in [3.8, 4) is 11.5 Å². The molecule has 1 amide bonds. The summed E-state index contributed by atoms with van der Waals surface area (Å²) in [5.74, 6) is -0.126. The summed E-state index contributed by atoms with van der Waals surface area (Å²) in [4.78, 5) is 39.1. The van der Waals surface area contributed by atoms with Gasteiger partial charge in [0.15, 0.2) is 0 Å². The van der Waals surface area contributed by atoms with Gasteiger partial charge in [-0.25, -0.2) is 9.78 Å². The van der Waals surface area contributed by atoms with Gasteiger partial charge >= 0.3 is 5.63 Å². The topological polar surface area (TPSA) is 115 Å². The van der Waals surface area contributed by atoms with E-state index in [4.69, 9.17) is 4.42 Å². The number of rotatable bonds is 5. The normalized spacial score (nSPS) is 10.7. The van der Waals surface area contributed by atoms with E-state index >= 15 is 0 Å². The number of anilines is 1. The number of nitro groups is 1. The van der Waals surface area contributed by atoms with Gasteiger partial charge in [0.25, 0.3) is 5.69 Å². The second-order valence-electron chi connectivity index (χ2n) is 6.55. The van der Waals surface area contributed by atoms with Crippen molar-refractivity contribution in [3.05, 3.63) is 98.9 Å². The summed E-state index contributed by atoms with van der Waals surface area (Å²) in [5.41, 5.74) is 1.72. The Hall–Kier alpha value is -4.33. The molecule has 0 aliphatic rings. The highest BCUT2D eigenvalue weighted by atomic mass is 16.6. The van der Waals surface area contributed by atoms with E-state index in [1.165, 1.54) is 12.1 Å². The average Bonchev–Trinajstić information content (AvgIpc) is 2.74. The molecule has 1 N–H and O–H groups in total. The highest BCUT2D eigenvalue weighted by Gasteiger charge is 2.11. The number of nitrogens with one attached hydrogen (secondary N) is 1. The number of fused-ring (bicyclic) bond motifs is 1. The molecule has 0 aliphatic heterocycles. The van der Waals surface area contributed by atoms with E-state index in [1.807, 2.05) is 0 Å². The zero-order chi connectivity index (χ0) is 21.1. The fourth-order valence-electron chi connectivity index (χ4n) is 3.00. The summed E-state index contributed by atoms with van der Waals surface area (Å²) in [6.07, 6.45) is 0.0610. The molecule has 4 aromatic rings. The van der Waals surface area contributed by atoms with Crippen LogP contribution in [0.15, 0.2) is 82.0 Å². The van der Waals surface area contributed by atoms with E-state index in [1.54, 1.807) is 60.7 Å². The molecule has 8 nitrogen and oxygen atoms in total. The van der Waals surface area contributed by atoms with Gasteiger partial charge in [-0.05, 0) is 35.9 Å². The van der Waals surface area contributed by atoms with Crippen LogP contribution >= 0.6 is 0 Å². The maximum atomic E-state index is 12.3. The Kier molecular flexibility index (Phi) is 5.04. The van der Waals surface area contributed by atoms with Crippen molar-refractivity contribution in [1.29, 1.82) is 0 Å². The minimum atomic E-state index is -0.492. The number of amides is 1. The number of hydrogen-bond acceptors (Lipinski definition) is 6. The lowest BCUT2D eigenvalue weighted by Crippen LogP contribution is -2.14. The molecule has 0 aliphatic carbocycles. The number of nitro benzene ring substituents is 1. The molecular formula is C22H15N3O5. The first-order valence-corrected chi connectivity index (χ1v) is 9.03.